The zero-order valence-electron chi connectivity index (χ0n) is 13.5. The third kappa shape index (κ3) is 4.42. The first-order valence-electron chi connectivity index (χ1n) is 7.67. The number of nitrogens with one attached hydrogen (secondary N) is 2. The Kier molecular flexibility index (Phi) is 5.56. The van der Waals surface area contributed by atoms with Crippen LogP contribution in [0.2, 0.25) is 0 Å². The molecule has 1 aromatic heterocycles. The number of ether oxygens (including phenoxy) is 1. The Morgan fingerprint density at radius 2 is 2.42 bits per heavy atom. The summed E-state index contributed by atoms with van der Waals surface area (Å²) < 4.78 is 29.2. The van der Waals surface area contributed by atoms with Gasteiger partial charge in [0, 0.05) is 41.2 Å². The summed E-state index contributed by atoms with van der Waals surface area (Å²) in [4.78, 5) is 22.9. The maximum atomic E-state index is 12.1. The normalized spacial score (nSPS) is 21.0. The number of hydrogen-bond donors (Lipinski definition) is 3. The number of amides is 1. The van der Waals surface area contributed by atoms with E-state index in [0.717, 1.165) is 16.9 Å². The number of allylic oxidation sites excluding steroid dienone is 1. The first-order chi connectivity index (χ1) is 12.5. The van der Waals surface area contributed by atoms with E-state index in [4.69, 9.17) is 10.5 Å². The number of carbonyl (C=O) groups is 1. The lowest BCUT2D eigenvalue weighted by atomic mass is 10.0. The lowest BCUT2D eigenvalue weighted by Crippen LogP contribution is -2.36. The van der Waals surface area contributed by atoms with Crippen LogP contribution in [0, 0.1) is 0 Å². The van der Waals surface area contributed by atoms with Gasteiger partial charge in [0.2, 0.25) is 0 Å². The van der Waals surface area contributed by atoms with Crippen LogP contribution in [0.1, 0.15) is 11.4 Å². The van der Waals surface area contributed by atoms with Crippen molar-refractivity contribution >= 4 is 29.5 Å². The van der Waals surface area contributed by atoms with Gasteiger partial charge in [0.1, 0.15) is 6.61 Å². The fraction of sp³-hybridized carbons (Fsp3) is 0.333. The average molecular weight is 382 g/mol. The maximum absolute atomic E-state index is 12.1. The summed E-state index contributed by atoms with van der Waals surface area (Å²) in [6, 6.07) is -0.224. The van der Waals surface area contributed by atoms with Crippen molar-refractivity contribution in [2.24, 2.45) is 15.7 Å². The molecule has 0 aliphatic carbocycles. The molecule has 2 aliphatic heterocycles. The van der Waals surface area contributed by atoms with Gasteiger partial charge >= 0.3 is 12.6 Å². The third-order valence-corrected chi connectivity index (χ3v) is 4.43. The highest BCUT2D eigenvalue weighted by atomic mass is 32.1. The number of thiazole rings is 1. The van der Waals surface area contributed by atoms with Crippen LogP contribution in [0.15, 0.2) is 44.6 Å². The number of rotatable bonds is 6. The molecule has 2 aliphatic rings. The van der Waals surface area contributed by atoms with E-state index in [0.29, 0.717) is 17.8 Å². The predicted molar refractivity (Wildman–Crippen MR) is 93.3 cm³/mol. The summed E-state index contributed by atoms with van der Waals surface area (Å²) in [6.45, 7) is -2.31. The number of aliphatic imine (C=N–C) groups is 2. The van der Waals surface area contributed by atoms with Crippen LogP contribution < -0.4 is 16.4 Å². The van der Waals surface area contributed by atoms with Crippen molar-refractivity contribution in [3.63, 3.8) is 0 Å². The van der Waals surface area contributed by atoms with E-state index in [1.165, 1.54) is 17.4 Å². The van der Waals surface area contributed by atoms with Crippen LogP contribution in [0.4, 0.5) is 13.6 Å². The number of halogens is 2. The average Bonchev–Trinajstić information content (AvgIpc) is 3.26. The number of nitrogens with two attached hydrogens (primary N) is 1. The minimum atomic E-state index is -2.79. The van der Waals surface area contributed by atoms with Crippen LogP contribution >= 0.6 is 11.3 Å². The lowest BCUT2D eigenvalue weighted by Gasteiger charge is -2.23. The van der Waals surface area contributed by atoms with Crippen molar-refractivity contribution in [3.05, 3.63) is 39.6 Å². The third-order valence-electron chi connectivity index (χ3n) is 3.65. The lowest BCUT2D eigenvalue weighted by molar-refractivity contribution is 0.161. The summed E-state index contributed by atoms with van der Waals surface area (Å²) >= 11 is 1.43. The quantitative estimate of drug-likeness (QED) is 0.508. The van der Waals surface area contributed by atoms with E-state index in [1.807, 2.05) is 5.38 Å². The van der Waals surface area contributed by atoms with Crippen molar-refractivity contribution in [2.75, 3.05) is 13.2 Å². The molecule has 138 valence electrons. The van der Waals surface area contributed by atoms with Crippen LogP contribution in [0.3, 0.4) is 0 Å². The zero-order valence-corrected chi connectivity index (χ0v) is 14.3. The van der Waals surface area contributed by atoms with Gasteiger partial charge in [-0.3, -0.25) is 4.99 Å². The molecule has 1 amide bonds. The van der Waals surface area contributed by atoms with Crippen LogP contribution in [-0.4, -0.2) is 48.9 Å². The second-order valence-corrected chi connectivity index (χ2v) is 6.32. The molecule has 1 unspecified atom stereocenters. The van der Waals surface area contributed by atoms with Gasteiger partial charge in [-0.05, 0) is 6.08 Å². The first-order valence-corrected chi connectivity index (χ1v) is 8.55. The fourth-order valence-corrected chi connectivity index (χ4v) is 3.08. The molecule has 1 aromatic rings. The second-order valence-electron chi connectivity index (χ2n) is 5.43. The Morgan fingerprint density at radius 3 is 3.08 bits per heavy atom. The van der Waals surface area contributed by atoms with Crippen molar-refractivity contribution in [1.29, 1.82) is 0 Å². The van der Waals surface area contributed by atoms with E-state index in [1.54, 1.807) is 6.20 Å². The molecule has 0 spiro atoms. The molecule has 8 nitrogen and oxygen atoms in total. The number of alkyl halides is 2. The predicted octanol–water partition coefficient (Wildman–Crippen LogP) is 1.38. The van der Waals surface area contributed by atoms with E-state index in [-0.39, 0.29) is 24.9 Å². The Hall–Kier alpha value is -2.82. The SMILES string of the molecule is NC(=CC=NC(F)F)C1=C(CC2COC(=O)N2)NC(c2nccs2)=NC1. The number of amidine groups is 1. The van der Waals surface area contributed by atoms with Crippen LogP contribution in [0.25, 0.3) is 0 Å². The standard InChI is InChI=1S/C15H16F2N6O2S/c16-14(17)20-2-1-10(18)9-6-21-12(13-19-3-4-26-13)23-11(9)5-8-7-25-15(24)22-8/h1-4,8,14H,5-7,18H2,(H,21,23)(H,22,24). The van der Waals surface area contributed by atoms with E-state index in [9.17, 15) is 13.6 Å². The van der Waals surface area contributed by atoms with Crippen LogP contribution in [-0.2, 0) is 4.74 Å². The summed E-state index contributed by atoms with van der Waals surface area (Å²) in [5.74, 6) is 0.595. The molecule has 0 saturated carbocycles. The Morgan fingerprint density at radius 1 is 1.58 bits per heavy atom. The molecule has 3 heterocycles. The number of nitrogens with zero attached hydrogens (tertiary/aromatic N) is 3. The van der Waals surface area contributed by atoms with Gasteiger partial charge < -0.3 is 21.1 Å². The monoisotopic (exact) mass is 382 g/mol. The highest BCUT2D eigenvalue weighted by Crippen LogP contribution is 2.21. The summed E-state index contributed by atoms with van der Waals surface area (Å²) in [5.41, 5.74) is 7.65. The second kappa shape index (κ2) is 8.04. The van der Waals surface area contributed by atoms with Gasteiger partial charge in [0.05, 0.1) is 12.6 Å². The highest BCUT2D eigenvalue weighted by Gasteiger charge is 2.27. The largest absolute Gasteiger partial charge is 0.447 e. The molecule has 26 heavy (non-hydrogen) atoms. The molecule has 0 aromatic carbocycles. The van der Waals surface area contributed by atoms with E-state index < -0.39 is 12.6 Å². The van der Waals surface area contributed by atoms with Crippen molar-refractivity contribution < 1.29 is 18.3 Å². The van der Waals surface area contributed by atoms with Gasteiger partial charge in [-0.2, -0.15) is 8.78 Å². The molecule has 11 heteroatoms. The smallest absolute Gasteiger partial charge is 0.407 e. The minimum Gasteiger partial charge on any atom is -0.447 e. The molecule has 0 bridgehead atoms. The minimum absolute atomic E-state index is 0.224. The van der Waals surface area contributed by atoms with Crippen molar-refractivity contribution in [3.8, 4) is 0 Å². The van der Waals surface area contributed by atoms with Crippen molar-refractivity contribution in [1.82, 2.24) is 15.6 Å². The number of alkyl carbamates (subject to hydrolysis) is 1. The van der Waals surface area contributed by atoms with Crippen LogP contribution in [0.5, 0.6) is 0 Å². The van der Waals surface area contributed by atoms with Gasteiger partial charge in [-0.25, -0.2) is 14.8 Å². The molecule has 4 N–H and O–H groups in total. The number of cyclic esters (lactones) is 1. The number of hydrogen-bond acceptors (Lipinski definition) is 8. The summed E-state index contributed by atoms with van der Waals surface area (Å²) in [7, 11) is 0. The maximum Gasteiger partial charge on any atom is 0.407 e. The summed E-state index contributed by atoms with van der Waals surface area (Å²) in [6.07, 6.45) is 3.88. The fourth-order valence-electron chi connectivity index (χ4n) is 2.48. The van der Waals surface area contributed by atoms with Gasteiger partial charge in [-0.1, -0.05) is 0 Å². The zero-order chi connectivity index (χ0) is 18.5. The highest BCUT2D eigenvalue weighted by molar-refractivity contribution is 7.11. The molecule has 3 rings (SSSR count). The summed E-state index contributed by atoms with van der Waals surface area (Å²) in [5, 5.41) is 8.43. The Labute approximate surface area is 151 Å². The van der Waals surface area contributed by atoms with E-state index in [2.05, 4.69) is 25.6 Å². The Balaban J connectivity index is 1.82. The molecular formula is C15H16F2N6O2S. The van der Waals surface area contributed by atoms with Gasteiger partial charge in [0.15, 0.2) is 10.8 Å². The van der Waals surface area contributed by atoms with Gasteiger partial charge in [-0.15, -0.1) is 11.3 Å². The molecule has 1 saturated heterocycles. The number of aromatic nitrogens is 1. The number of carbonyl (C=O) groups excluding carboxylic acids is 1. The van der Waals surface area contributed by atoms with Crippen molar-refractivity contribution in [2.45, 2.75) is 19.0 Å². The Bertz CT molecular complexity index is 788. The molecule has 0 radical (unpaired) electrons. The molecular weight excluding hydrogens is 366 g/mol. The topological polar surface area (TPSA) is 114 Å². The molecule has 1 fully saturated rings. The van der Waals surface area contributed by atoms with E-state index >= 15 is 0 Å². The molecule has 1 atom stereocenters. The van der Waals surface area contributed by atoms with Gasteiger partial charge in [0.25, 0.3) is 0 Å². The first kappa shape index (κ1) is 18.0.